The molecule has 1 aromatic heterocycles. The van der Waals surface area contributed by atoms with Crippen LogP contribution in [0.5, 0.6) is 0 Å². The summed E-state index contributed by atoms with van der Waals surface area (Å²) in [6, 6.07) is 1.52. The largest absolute Gasteiger partial charge is 0.464 e. The van der Waals surface area contributed by atoms with Crippen molar-refractivity contribution in [2.24, 2.45) is 0 Å². The number of pyridine rings is 1. The molecule has 0 fully saturated rings. The zero-order chi connectivity index (χ0) is 10.7. The van der Waals surface area contributed by atoms with Crippen LogP contribution in [0.4, 0.5) is 0 Å². The molecule has 0 radical (unpaired) electrons. The first-order valence-electron chi connectivity index (χ1n) is 3.89. The van der Waals surface area contributed by atoms with Crippen molar-refractivity contribution in [3.05, 3.63) is 22.3 Å². The summed E-state index contributed by atoms with van der Waals surface area (Å²) in [6.45, 7) is 1.86. The zero-order valence-corrected chi connectivity index (χ0v) is 9.70. The van der Waals surface area contributed by atoms with Gasteiger partial charge in [0.2, 0.25) is 0 Å². The van der Waals surface area contributed by atoms with Gasteiger partial charge in [0.15, 0.2) is 5.69 Å². The Balaban J connectivity index is 3.22. The van der Waals surface area contributed by atoms with E-state index in [0.29, 0.717) is 5.02 Å². The number of carbonyl (C=O) groups excluding carboxylic acids is 1. The Morgan fingerprint density at radius 2 is 2.29 bits per heavy atom. The summed E-state index contributed by atoms with van der Waals surface area (Å²) >= 11 is 7.39. The van der Waals surface area contributed by atoms with E-state index in [4.69, 9.17) is 11.6 Å². The van der Waals surface area contributed by atoms with Crippen molar-refractivity contribution in [3.63, 3.8) is 0 Å². The number of rotatable bonds is 2. The van der Waals surface area contributed by atoms with Crippen LogP contribution in [-0.2, 0) is 4.74 Å². The number of thioether (sulfide) groups is 1. The van der Waals surface area contributed by atoms with Gasteiger partial charge in [-0.05, 0) is 24.8 Å². The zero-order valence-electron chi connectivity index (χ0n) is 8.13. The van der Waals surface area contributed by atoms with E-state index < -0.39 is 5.97 Å². The van der Waals surface area contributed by atoms with Crippen LogP contribution in [0.25, 0.3) is 0 Å². The second-order valence-corrected chi connectivity index (χ2v) is 3.82. The van der Waals surface area contributed by atoms with Gasteiger partial charge in [0.05, 0.1) is 7.11 Å². The van der Waals surface area contributed by atoms with Crippen molar-refractivity contribution in [1.82, 2.24) is 4.98 Å². The molecule has 0 saturated heterocycles. The molecule has 0 amide bonds. The van der Waals surface area contributed by atoms with Gasteiger partial charge in [-0.2, -0.15) is 0 Å². The molecule has 0 aliphatic carbocycles. The highest BCUT2D eigenvalue weighted by Crippen LogP contribution is 2.25. The Hall–Kier alpha value is -0.740. The minimum absolute atomic E-state index is 0.243. The minimum atomic E-state index is -0.470. The van der Waals surface area contributed by atoms with Crippen molar-refractivity contribution in [3.8, 4) is 0 Å². The summed E-state index contributed by atoms with van der Waals surface area (Å²) in [7, 11) is 1.32. The first-order valence-corrected chi connectivity index (χ1v) is 5.50. The standard InChI is InChI=1S/C9H10ClNO2S/c1-5-6(10)4-7(9(12)13-2)11-8(5)14-3/h4H,1-3H3. The summed E-state index contributed by atoms with van der Waals surface area (Å²) in [4.78, 5) is 15.3. The lowest BCUT2D eigenvalue weighted by molar-refractivity contribution is 0.0593. The lowest BCUT2D eigenvalue weighted by atomic mass is 10.3. The Bertz CT molecular complexity index is 368. The summed E-state index contributed by atoms with van der Waals surface area (Å²) in [5.74, 6) is -0.470. The monoisotopic (exact) mass is 231 g/mol. The summed E-state index contributed by atoms with van der Waals surface area (Å²) in [5.41, 5.74) is 1.12. The smallest absolute Gasteiger partial charge is 0.356 e. The van der Waals surface area contributed by atoms with Crippen LogP contribution < -0.4 is 0 Å². The maximum absolute atomic E-state index is 11.2. The molecule has 0 atom stereocenters. The molecule has 5 heteroatoms. The second kappa shape index (κ2) is 4.66. The number of nitrogens with zero attached hydrogens (tertiary/aromatic N) is 1. The molecule has 0 N–H and O–H groups in total. The van der Waals surface area contributed by atoms with E-state index in [1.807, 2.05) is 13.2 Å². The summed E-state index contributed by atoms with van der Waals surface area (Å²) in [5, 5.41) is 1.28. The highest BCUT2D eigenvalue weighted by atomic mass is 35.5. The SMILES string of the molecule is COC(=O)c1cc(Cl)c(C)c(SC)n1. The third-order valence-electron chi connectivity index (χ3n) is 1.75. The molecule has 0 bridgehead atoms. The molecule has 0 aliphatic rings. The fraction of sp³-hybridized carbons (Fsp3) is 0.333. The van der Waals surface area contributed by atoms with Crippen molar-refractivity contribution < 1.29 is 9.53 Å². The molecule has 1 aromatic rings. The molecule has 1 heterocycles. The molecular formula is C9H10ClNO2S. The number of esters is 1. The number of aromatic nitrogens is 1. The molecule has 0 aromatic carbocycles. The summed E-state index contributed by atoms with van der Waals surface area (Å²) < 4.78 is 4.56. The quantitative estimate of drug-likeness (QED) is 0.579. The van der Waals surface area contributed by atoms with Crippen LogP contribution in [0.1, 0.15) is 16.1 Å². The number of halogens is 1. The Morgan fingerprint density at radius 3 is 2.79 bits per heavy atom. The first-order chi connectivity index (χ1) is 6.60. The van der Waals surface area contributed by atoms with Gasteiger partial charge in [0, 0.05) is 5.02 Å². The summed E-state index contributed by atoms with van der Waals surface area (Å²) in [6.07, 6.45) is 1.88. The van der Waals surface area contributed by atoms with E-state index in [9.17, 15) is 4.79 Å². The van der Waals surface area contributed by atoms with Gasteiger partial charge in [-0.25, -0.2) is 9.78 Å². The van der Waals surface area contributed by atoms with E-state index in [-0.39, 0.29) is 5.69 Å². The number of carbonyl (C=O) groups is 1. The third-order valence-corrected chi connectivity index (χ3v) is 2.93. The predicted octanol–water partition coefficient (Wildman–Crippen LogP) is 2.55. The molecule has 14 heavy (non-hydrogen) atoms. The number of methoxy groups -OCH3 is 1. The fourth-order valence-electron chi connectivity index (χ4n) is 0.964. The lowest BCUT2D eigenvalue weighted by Gasteiger charge is -2.06. The molecule has 1 rings (SSSR count). The van der Waals surface area contributed by atoms with Gasteiger partial charge in [0.1, 0.15) is 5.03 Å². The minimum Gasteiger partial charge on any atom is -0.464 e. The molecule has 0 spiro atoms. The van der Waals surface area contributed by atoms with Crippen LogP contribution in [0, 0.1) is 6.92 Å². The normalized spacial score (nSPS) is 10.0. The Morgan fingerprint density at radius 1 is 1.64 bits per heavy atom. The second-order valence-electron chi connectivity index (χ2n) is 2.62. The fourth-order valence-corrected chi connectivity index (χ4v) is 1.82. The van der Waals surface area contributed by atoms with Gasteiger partial charge in [-0.15, -0.1) is 11.8 Å². The van der Waals surface area contributed by atoms with Gasteiger partial charge >= 0.3 is 5.97 Å². The maximum Gasteiger partial charge on any atom is 0.356 e. The maximum atomic E-state index is 11.2. The van der Waals surface area contributed by atoms with Crippen molar-refractivity contribution in [2.45, 2.75) is 11.9 Å². The molecule has 3 nitrogen and oxygen atoms in total. The van der Waals surface area contributed by atoms with E-state index in [0.717, 1.165) is 10.6 Å². The molecule has 0 saturated carbocycles. The average Bonchev–Trinajstić information content (AvgIpc) is 2.20. The third kappa shape index (κ3) is 2.19. The number of hydrogen-bond acceptors (Lipinski definition) is 4. The van der Waals surface area contributed by atoms with E-state index >= 15 is 0 Å². The van der Waals surface area contributed by atoms with Crippen molar-refractivity contribution in [1.29, 1.82) is 0 Å². The van der Waals surface area contributed by atoms with Crippen molar-refractivity contribution in [2.75, 3.05) is 13.4 Å². The van der Waals surface area contributed by atoms with Crippen LogP contribution in [-0.4, -0.2) is 24.3 Å². The van der Waals surface area contributed by atoms with Crippen LogP contribution in [0.15, 0.2) is 11.1 Å². The first kappa shape index (κ1) is 11.3. The molecule has 76 valence electrons. The van der Waals surface area contributed by atoms with E-state index in [1.165, 1.54) is 24.9 Å². The average molecular weight is 232 g/mol. The molecule has 0 unspecified atom stereocenters. The number of hydrogen-bond donors (Lipinski definition) is 0. The van der Waals surface area contributed by atoms with Gasteiger partial charge in [-0.1, -0.05) is 11.6 Å². The predicted molar refractivity (Wildman–Crippen MR) is 57.1 cm³/mol. The van der Waals surface area contributed by atoms with Gasteiger partial charge in [-0.3, -0.25) is 0 Å². The van der Waals surface area contributed by atoms with Crippen LogP contribution >= 0.6 is 23.4 Å². The van der Waals surface area contributed by atoms with Crippen LogP contribution in [0.2, 0.25) is 5.02 Å². The Labute approximate surface area is 91.8 Å². The van der Waals surface area contributed by atoms with Crippen molar-refractivity contribution >= 4 is 29.3 Å². The Kier molecular flexibility index (Phi) is 3.77. The number of ether oxygens (including phenoxy) is 1. The lowest BCUT2D eigenvalue weighted by Crippen LogP contribution is -2.05. The highest BCUT2D eigenvalue weighted by molar-refractivity contribution is 7.98. The van der Waals surface area contributed by atoms with E-state index in [2.05, 4.69) is 9.72 Å². The van der Waals surface area contributed by atoms with E-state index in [1.54, 1.807) is 0 Å². The molecule has 0 aliphatic heterocycles. The van der Waals surface area contributed by atoms with Crippen LogP contribution in [0.3, 0.4) is 0 Å². The highest BCUT2D eigenvalue weighted by Gasteiger charge is 2.12. The topological polar surface area (TPSA) is 39.2 Å². The van der Waals surface area contributed by atoms with Gasteiger partial charge in [0.25, 0.3) is 0 Å². The van der Waals surface area contributed by atoms with Gasteiger partial charge < -0.3 is 4.74 Å². The molecular weight excluding hydrogens is 222 g/mol.